The van der Waals surface area contributed by atoms with Crippen molar-refractivity contribution in [2.45, 2.75) is 44.2 Å². The van der Waals surface area contributed by atoms with Gasteiger partial charge in [-0.15, -0.1) is 0 Å². The maximum atomic E-state index is 12.0. The van der Waals surface area contributed by atoms with Crippen LogP contribution in [0.25, 0.3) is 0 Å². The van der Waals surface area contributed by atoms with E-state index in [9.17, 15) is 4.79 Å². The van der Waals surface area contributed by atoms with Gasteiger partial charge < -0.3 is 20.1 Å². The maximum Gasteiger partial charge on any atom is 0.319 e. The van der Waals surface area contributed by atoms with E-state index >= 15 is 0 Å². The molecule has 5 nitrogen and oxygen atoms in total. The molecule has 21 heavy (non-hydrogen) atoms. The number of hydrogen-bond donors (Lipinski definition) is 2. The van der Waals surface area contributed by atoms with E-state index in [1.807, 2.05) is 0 Å². The van der Waals surface area contributed by atoms with Gasteiger partial charge in [-0.3, -0.25) is 0 Å². The number of nitrogens with one attached hydrogen (secondary N) is 2. The van der Waals surface area contributed by atoms with Crippen LogP contribution < -0.4 is 15.4 Å². The number of ether oxygens (including phenoxy) is 2. The summed E-state index contributed by atoms with van der Waals surface area (Å²) in [6.45, 7) is -5.06. The molecule has 1 aliphatic carbocycles. The minimum Gasteiger partial charge on any atom is -0.491 e. The van der Waals surface area contributed by atoms with Crippen LogP contribution in [-0.2, 0) is 4.74 Å². The van der Waals surface area contributed by atoms with Crippen molar-refractivity contribution in [3.8, 4) is 5.75 Å². The molecule has 1 saturated carbocycles. The Labute approximate surface area is 132 Å². The van der Waals surface area contributed by atoms with Crippen molar-refractivity contribution in [3.05, 3.63) is 24.3 Å². The van der Waals surface area contributed by atoms with E-state index in [1.165, 1.54) is 18.6 Å². The van der Waals surface area contributed by atoms with Gasteiger partial charge >= 0.3 is 6.03 Å². The largest absolute Gasteiger partial charge is 0.491 e. The fourth-order valence-corrected chi connectivity index (χ4v) is 2.38. The molecule has 0 spiro atoms. The molecule has 1 aromatic rings. The first-order valence-corrected chi connectivity index (χ1v) is 7.20. The summed E-state index contributed by atoms with van der Waals surface area (Å²) in [6.07, 6.45) is 3.02. The van der Waals surface area contributed by atoms with Gasteiger partial charge in [-0.25, -0.2) is 4.79 Å². The zero-order chi connectivity index (χ0) is 19.0. The van der Waals surface area contributed by atoms with E-state index in [1.54, 1.807) is 12.1 Å². The number of hydrogen-bond acceptors (Lipinski definition) is 3. The normalized spacial score (nSPS) is 31.7. The average molecular weight is 295 g/mol. The number of benzene rings is 1. The van der Waals surface area contributed by atoms with E-state index in [2.05, 4.69) is 15.4 Å². The van der Waals surface area contributed by atoms with E-state index in [4.69, 9.17) is 11.6 Å². The molecule has 2 fully saturated rings. The monoisotopic (exact) mass is 295 g/mol. The number of amides is 2. The van der Waals surface area contributed by atoms with Gasteiger partial charge in [0, 0.05) is 11.7 Å². The van der Waals surface area contributed by atoms with Crippen molar-refractivity contribution < 1.29 is 21.1 Å². The van der Waals surface area contributed by atoms with Gasteiger partial charge in [0.2, 0.25) is 0 Å². The minimum atomic E-state index is -2.66. The molecule has 1 atom stereocenters. The summed E-state index contributed by atoms with van der Waals surface area (Å²) < 4.78 is 47.5. The van der Waals surface area contributed by atoms with Crippen LogP contribution in [0.2, 0.25) is 0 Å². The van der Waals surface area contributed by atoms with Crippen LogP contribution in [0.15, 0.2) is 24.3 Å². The Bertz CT molecular complexity index is 664. The van der Waals surface area contributed by atoms with E-state index in [0.29, 0.717) is 5.69 Å². The Morgan fingerprint density at radius 2 is 2.10 bits per heavy atom. The minimum absolute atomic E-state index is 0.103. The molecule has 2 N–H and O–H groups in total. The third-order valence-electron chi connectivity index (χ3n) is 3.52. The Hall–Kier alpha value is -1.75. The first-order valence-electron chi connectivity index (χ1n) is 9.70. The van der Waals surface area contributed by atoms with Crippen LogP contribution >= 0.6 is 0 Å². The summed E-state index contributed by atoms with van der Waals surface area (Å²) in [5.74, 6) is 0.103. The van der Waals surface area contributed by atoms with E-state index in [-0.39, 0.29) is 17.8 Å². The van der Waals surface area contributed by atoms with Crippen molar-refractivity contribution in [1.29, 1.82) is 0 Å². The predicted octanol–water partition coefficient (Wildman–Crippen LogP) is 2.92. The number of carbonyl (C=O) groups excluding carboxylic acids is 1. The molecule has 1 unspecified atom stereocenters. The maximum absolute atomic E-state index is 12.0. The van der Waals surface area contributed by atoms with Crippen LogP contribution in [0.3, 0.4) is 0 Å². The van der Waals surface area contributed by atoms with Gasteiger partial charge in [0.1, 0.15) is 18.4 Å². The van der Waals surface area contributed by atoms with Crippen LogP contribution in [0, 0.1) is 0 Å². The standard InChI is InChI=1S/C16H22N2O3/c19-16(17-12-4-2-1-3-5-12)18-13-6-8-14(9-7-13)20-10-15-11-21-15/h6-9,12,15H,1-5,10-11H2,(H2,17,18,19)/i10D2,11D2,15D. The number of rotatable bonds is 5. The molecular weight excluding hydrogens is 268 g/mol. The summed E-state index contributed by atoms with van der Waals surface area (Å²) in [4.78, 5) is 12.0. The highest BCUT2D eigenvalue weighted by Gasteiger charge is 2.23. The topological polar surface area (TPSA) is 62.9 Å². The lowest BCUT2D eigenvalue weighted by molar-refractivity contribution is 0.244. The van der Waals surface area contributed by atoms with Crippen molar-refractivity contribution >= 4 is 11.7 Å². The highest BCUT2D eigenvalue weighted by atomic mass is 16.6. The lowest BCUT2D eigenvalue weighted by atomic mass is 9.96. The molecule has 1 aliphatic heterocycles. The lowest BCUT2D eigenvalue weighted by Crippen LogP contribution is -2.38. The number of urea groups is 1. The fourth-order valence-electron chi connectivity index (χ4n) is 2.38. The summed E-state index contributed by atoms with van der Waals surface area (Å²) in [7, 11) is 0. The molecule has 1 saturated heterocycles. The Kier molecular flexibility index (Phi) is 3.01. The van der Waals surface area contributed by atoms with Crippen molar-refractivity contribution in [3.63, 3.8) is 0 Å². The highest BCUT2D eigenvalue weighted by molar-refractivity contribution is 5.89. The van der Waals surface area contributed by atoms with Gasteiger partial charge in [-0.2, -0.15) is 0 Å². The van der Waals surface area contributed by atoms with E-state index in [0.717, 1.165) is 25.7 Å². The summed E-state index contributed by atoms with van der Waals surface area (Å²) in [5.41, 5.74) is 0.518. The first kappa shape index (κ1) is 9.30. The number of anilines is 1. The van der Waals surface area contributed by atoms with Crippen molar-refractivity contribution in [2.24, 2.45) is 0 Å². The van der Waals surface area contributed by atoms with Gasteiger partial charge in [0.05, 0.1) is 13.4 Å². The van der Waals surface area contributed by atoms with Crippen LogP contribution in [0.4, 0.5) is 10.5 Å². The molecule has 0 bridgehead atoms. The van der Waals surface area contributed by atoms with Gasteiger partial charge in [-0.1, -0.05) is 19.3 Å². The number of carbonyl (C=O) groups is 1. The second-order valence-electron chi connectivity index (χ2n) is 5.20. The third kappa shape index (κ3) is 4.63. The average Bonchev–Trinajstić information content (AvgIpc) is 3.10. The lowest BCUT2D eigenvalue weighted by Gasteiger charge is -2.22. The highest BCUT2D eigenvalue weighted by Crippen LogP contribution is 2.19. The van der Waals surface area contributed by atoms with Crippen LogP contribution in [0.5, 0.6) is 5.75 Å². The van der Waals surface area contributed by atoms with Crippen molar-refractivity contribution in [2.75, 3.05) is 18.4 Å². The number of epoxide rings is 1. The zero-order valence-electron chi connectivity index (χ0n) is 16.6. The van der Waals surface area contributed by atoms with Crippen molar-refractivity contribution in [1.82, 2.24) is 5.32 Å². The van der Waals surface area contributed by atoms with Gasteiger partial charge in [0.25, 0.3) is 0 Å². The summed E-state index contributed by atoms with van der Waals surface area (Å²) >= 11 is 0. The molecule has 2 aliphatic rings. The summed E-state index contributed by atoms with van der Waals surface area (Å²) in [5, 5.41) is 5.65. The fraction of sp³-hybridized carbons (Fsp3) is 0.562. The molecule has 114 valence electrons. The summed E-state index contributed by atoms with van der Waals surface area (Å²) in [6, 6.07) is 5.88. The quantitative estimate of drug-likeness (QED) is 0.821. The molecule has 3 rings (SSSR count). The second kappa shape index (κ2) is 6.80. The third-order valence-corrected chi connectivity index (χ3v) is 3.52. The molecule has 1 aromatic carbocycles. The molecule has 0 radical (unpaired) electrons. The smallest absolute Gasteiger partial charge is 0.319 e. The molecular formula is C16H22N2O3. The second-order valence-corrected chi connectivity index (χ2v) is 5.20. The Balaban J connectivity index is 1.54. The zero-order valence-corrected chi connectivity index (χ0v) is 11.6. The van der Waals surface area contributed by atoms with Gasteiger partial charge in [-0.05, 0) is 37.1 Å². The van der Waals surface area contributed by atoms with Crippen LogP contribution in [0.1, 0.15) is 39.0 Å². The van der Waals surface area contributed by atoms with Gasteiger partial charge in [0.15, 0.2) is 0 Å². The Morgan fingerprint density at radius 1 is 1.38 bits per heavy atom. The predicted molar refractivity (Wildman–Crippen MR) is 80.7 cm³/mol. The Morgan fingerprint density at radius 3 is 2.76 bits per heavy atom. The SMILES string of the molecule is [2H]C([2H])(Oc1ccc(NC(=O)NC2CCCCC2)cc1)C1([2H])OC1([2H])[2H]. The molecule has 1 heterocycles. The van der Waals surface area contributed by atoms with Crippen LogP contribution in [-0.4, -0.2) is 31.3 Å². The molecule has 5 heteroatoms. The molecule has 0 aromatic heterocycles. The van der Waals surface area contributed by atoms with E-state index < -0.39 is 19.2 Å². The molecule has 2 amide bonds. The first-order chi connectivity index (χ1) is 12.1.